The fraction of sp³-hybridized carbons (Fsp3) is 0.562. The number of likely N-dealkylation sites (N-methyl/N-ethyl adjacent to an activating group) is 1. The van der Waals surface area contributed by atoms with E-state index in [1.165, 1.54) is 0 Å². The predicted molar refractivity (Wildman–Crippen MR) is 83.5 cm³/mol. The average Bonchev–Trinajstić information content (AvgIpc) is 2.52. The molecule has 1 N–H and O–H groups in total. The first-order valence-electron chi connectivity index (χ1n) is 7.46. The molecule has 1 unspecified atom stereocenters. The van der Waals surface area contributed by atoms with Crippen LogP contribution in [0.2, 0.25) is 0 Å². The number of rotatable bonds is 5. The van der Waals surface area contributed by atoms with E-state index in [0.29, 0.717) is 0 Å². The van der Waals surface area contributed by atoms with Crippen molar-refractivity contribution in [2.24, 2.45) is 0 Å². The van der Waals surface area contributed by atoms with E-state index in [0.717, 1.165) is 37.5 Å². The number of benzene rings is 1. The molecule has 1 aromatic rings. The summed E-state index contributed by atoms with van der Waals surface area (Å²) in [6.45, 7) is 5.64. The Morgan fingerprint density at radius 3 is 2.71 bits per heavy atom. The zero-order valence-electron chi connectivity index (χ0n) is 13.1. The van der Waals surface area contributed by atoms with Crippen LogP contribution in [0.3, 0.4) is 0 Å². The van der Waals surface area contributed by atoms with Crippen molar-refractivity contribution in [2.75, 3.05) is 46.9 Å². The first-order chi connectivity index (χ1) is 10.1. The normalized spacial score (nSPS) is 17.6. The molecule has 1 amide bonds. The largest absolute Gasteiger partial charge is 0.484 e. The quantitative estimate of drug-likeness (QED) is 0.883. The average molecular weight is 291 g/mol. The predicted octanol–water partition coefficient (Wildman–Crippen LogP) is 1.12. The summed E-state index contributed by atoms with van der Waals surface area (Å²) in [5.41, 5.74) is 1.15. The molecule has 1 aromatic carbocycles. The molecule has 1 saturated heterocycles. The molecule has 1 heterocycles. The summed E-state index contributed by atoms with van der Waals surface area (Å²) in [5.74, 6) is 0.812. The molecular formula is C16H25N3O2. The van der Waals surface area contributed by atoms with Gasteiger partial charge < -0.3 is 19.9 Å². The third kappa shape index (κ3) is 4.44. The number of nitrogens with zero attached hydrogens (tertiary/aromatic N) is 2. The summed E-state index contributed by atoms with van der Waals surface area (Å²) in [6, 6.07) is 8.15. The van der Waals surface area contributed by atoms with Crippen molar-refractivity contribution < 1.29 is 9.53 Å². The van der Waals surface area contributed by atoms with Crippen LogP contribution in [0.1, 0.15) is 18.5 Å². The van der Waals surface area contributed by atoms with Gasteiger partial charge in [0.1, 0.15) is 5.75 Å². The maximum Gasteiger partial charge on any atom is 0.260 e. The molecule has 2 rings (SSSR count). The lowest BCUT2D eigenvalue weighted by Gasteiger charge is -2.32. The summed E-state index contributed by atoms with van der Waals surface area (Å²) in [4.78, 5) is 16.2. The van der Waals surface area contributed by atoms with Crippen LogP contribution in [0.15, 0.2) is 24.3 Å². The molecule has 116 valence electrons. The van der Waals surface area contributed by atoms with E-state index in [9.17, 15) is 4.79 Å². The minimum absolute atomic E-state index is 0.0650. The first-order valence-corrected chi connectivity index (χ1v) is 7.46. The Morgan fingerprint density at radius 1 is 1.33 bits per heavy atom. The number of piperazine rings is 1. The number of carbonyl (C=O) groups is 1. The van der Waals surface area contributed by atoms with E-state index in [4.69, 9.17) is 4.74 Å². The van der Waals surface area contributed by atoms with Crippen LogP contribution in [-0.2, 0) is 4.79 Å². The molecule has 0 saturated carbocycles. The van der Waals surface area contributed by atoms with Gasteiger partial charge in [0.25, 0.3) is 5.91 Å². The Balaban J connectivity index is 1.86. The van der Waals surface area contributed by atoms with Gasteiger partial charge in [0.2, 0.25) is 0 Å². The minimum atomic E-state index is 0.0650. The Morgan fingerprint density at radius 2 is 2.05 bits per heavy atom. The van der Waals surface area contributed by atoms with Gasteiger partial charge in [-0.05, 0) is 38.7 Å². The van der Waals surface area contributed by atoms with Gasteiger partial charge in [-0.15, -0.1) is 0 Å². The lowest BCUT2D eigenvalue weighted by atomic mass is 10.1. The molecule has 0 aromatic heterocycles. The number of carbonyl (C=O) groups excluding carboxylic acids is 1. The standard InChI is InChI=1S/C16H25N3O2/c1-13(17-2)14-5-4-6-15(11-14)21-12-16(20)19-9-7-18(3)8-10-19/h4-6,11,13,17H,7-10,12H2,1-3H3. The Kier molecular flexibility index (Phi) is 5.59. The molecule has 1 atom stereocenters. The minimum Gasteiger partial charge on any atom is -0.484 e. The smallest absolute Gasteiger partial charge is 0.260 e. The van der Waals surface area contributed by atoms with Crippen LogP contribution >= 0.6 is 0 Å². The van der Waals surface area contributed by atoms with Gasteiger partial charge in [-0.25, -0.2) is 0 Å². The van der Waals surface area contributed by atoms with E-state index in [-0.39, 0.29) is 18.6 Å². The van der Waals surface area contributed by atoms with Gasteiger partial charge in [-0.1, -0.05) is 12.1 Å². The summed E-state index contributed by atoms with van der Waals surface area (Å²) >= 11 is 0. The number of ether oxygens (including phenoxy) is 1. The van der Waals surface area contributed by atoms with Crippen molar-refractivity contribution in [1.82, 2.24) is 15.1 Å². The van der Waals surface area contributed by atoms with E-state index in [1.807, 2.05) is 30.1 Å². The van der Waals surface area contributed by atoms with Gasteiger partial charge in [0, 0.05) is 32.2 Å². The van der Waals surface area contributed by atoms with Crippen molar-refractivity contribution in [1.29, 1.82) is 0 Å². The van der Waals surface area contributed by atoms with Crippen molar-refractivity contribution in [3.8, 4) is 5.75 Å². The van der Waals surface area contributed by atoms with Crippen LogP contribution in [0.5, 0.6) is 5.75 Å². The Labute approximate surface area is 126 Å². The molecule has 0 bridgehead atoms. The van der Waals surface area contributed by atoms with Gasteiger partial charge in [0.05, 0.1) is 0 Å². The van der Waals surface area contributed by atoms with Crippen molar-refractivity contribution >= 4 is 5.91 Å². The monoisotopic (exact) mass is 291 g/mol. The van der Waals surface area contributed by atoms with Gasteiger partial charge in [-0.2, -0.15) is 0 Å². The highest BCUT2D eigenvalue weighted by atomic mass is 16.5. The molecule has 5 nitrogen and oxygen atoms in total. The maximum atomic E-state index is 12.1. The van der Waals surface area contributed by atoms with Gasteiger partial charge in [-0.3, -0.25) is 4.79 Å². The molecule has 0 radical (unpaired) electrons. The number of amides is 1. The van der Waals surface area contributed by atoms with Crippen LogP contribution in [0.25, 0.3) is 0 Å². The molecular weight excluding hydrogens is 266 g/mol. The molecule has 1 aliphatic rings. The highest BCUT2D eigenvalue weighted by molar-refractivity contribution is 5.77. The molecule has 1 aliphatic heterocycles. The van der Waals surface area contributed by atoms with E-state index in [2.05, 4.69) is 30.3 Å². The third-order valence-electron chi connectivity index (χ3n) is 4.01. The second-order valence-corrected chi connectivity index (χ2v) is 5.56. The summed E-state index contributed by atoms with van der Waals surface area (Å²) in [7, 11) is 4.00. The van der Waals surface area contributed by atoms with Crippen LogP contribution < -0.4 is 10.1 Å². The van der Waals surface area contributed by atoms with Crippen LogP contribution in [0.4, 0.5) is 0 Å². The Hall–Kier alpha value is -1.59. The highest BCUT2D eigenvalue weighted by Gasteiger charge is 2.19. The number of hydrogen-bond donors (Lipinski definition) is 1. The molecule has 21 heavy (non-hydrogen) atoms. The zero-order valence-corrected chi connectivity index (χ0v) is 13.1. The fourth-order valence-electron chi connectivity index (χ4n) is 2.33. The number of nitrogens with one attached hydrogen (secondary N) is 1. The lowest BCUT2D eigenvalue weighted by molar-refractivity contribution is -0.134. The molecule has 1 fully saturated rings. The van der Waals surface area contributed by atoms with Gasteiger partial charge >= 0.3 is 0 Å². The van der Waals surface area contributed by atoms with Crippen LogP contribution in [0, 0.1) is 0 Å². The second-order valence-electron chi connectivity index (χ2n) is 5.56. The lowest BCUT2D eigenvalue weighted by Crippen LogP contribution is -2.48. The zero-order chi connectivity index (χ0) is 15.2. The summed E-state index contributed by atoms with van der Waals surface area (Å²) in [6.07, 6.45) is 0. The van der Waals surface area contributed by atoms with E-state index >= 15 is 0 Å². The number of hydrogen-bond acceptors (Lipinski definition) is 4. The Bertz CT molecular complexity index is 470. The van der Waals surface area contributed by atoms with E-state index < -0.39 is 0 Å². The topological polar surface area (TPSA) is 44.8 Å². The fourth-order valence-corrected chi connectivity index (χ4v) is 2.33. The van der Waals surface area contributed by atoms with Crippen molar-refractivity contribution in [2.45, 2.75) is 13.0 Å². The molecule has 0 spiro atoms. The molecule has 0 aliphatic carbocycles. The highest BCUT2D eigenvalue weighted by Crippen LogP contribution is 2.18. The maximum absolute atomic E-state index is 12.1. The summed E-state index contributed by atoms with van der Waals surface area (Å²) < 4.78 is 5.65. The van der Waals surface area contributed by atoms with Crippen molar-refractivity contribution in [3.63, 3.8) is 0 Å². The summed E-state index contributed by atoms with van der Waals surface area (Å²) in [5, 5.41) is 3.19. The second kappa shape index (κ2) is 7.43. The van der Waals surface area contributed by atoms with Gasteiger partial charge in [0.15, 0.2) is 6.61 Å². The molecule has 5 heteroatoms. The van der Waals surface area contributed by atoms with E-state index in [1.54, 1.807) is 0 Å². The third-order valence-corrected chi connectivity index (χ3v) is 4.01. The van der Waals surface area contributed by atoms with Crippen LogP contribution in [-0.4, -0.2) is 62.6 Å². The first kappa shape index (κ1) is 15.8. The SMILES string of the molecule is CNC(C)c1cccc(OCC(=O)N2CCN(C)CC2)c1. The van der Waals surface area contributed by atoms with Crippen molar-refractivity contribution in [3.05, 3.63) is 29.8 Å².